The molecule has 21 heavy (non-hydrogen) atoms. The highest BCUT2D eigenvalue weighted by Crippen LogP contribution is 2.18. The number of fused-ring (bicyclic) bond motifs is 1. The minimum absolute atomic E-state index is 0.00330. The molecule has 2 amide bonds. The van der Waals surface area contributed by atoms with Crippen LogP contribution in [0.4, 0.5) is 4.79 Å². The van der Waals surface area contributed by atoms with Crippen molar-refractivity contribution in [3.05, 3.63) is 59.5 Å². The molecule has 0 saturated carbocycles. The van der Waals surface area contributed by atoms with Crippen molar-refractivity contribution < 1.29 is 9.21 Å². The van der Waals surface area contributed by atoms with Crippen LogP contribution >= 0.6 is 0 Å². The molecular weight excluding hydrogens is 264 g/mol. The van der Waals surface area contributed by atoms with Gasteiger partial charge in [0.25, 0.3) is 0 Å². The third-order valence-electron chi connectivity index (χ3n) is 3.88. The Bertz CT molecular complexity index is 607. The van der Waals surface area contributed by atoms with Crippen molar-refractivity contribution in [1.82, 2.24) is 10.2 Å². The van der Waals surface area contributed by atoms with Crippen molar-refractivity contribution in [2.45, 2.75) is 32.4 Å². The number of urea groups is 1. The van der Waals surface area contributed by atoms with Crippen LogP contribution in [-0.2, 0) is 19.4 Å². The number of nitrogens with zero attached hydrogens (tertiary/aromatic N) is 1. The molecule has 0 spiro atoms. The van der Waals surface area contributed by atoms with E-state index in [0.717, 1.165) is 18.7 Å². The summed E-state index contributed by atoms with van der Waals surface area (Å²) in [5, 5.41) is 3.05. The van der Waals surface area contributed by atoms with Gasteiger partial charge in [0.1, 0.15) is 5.76 Å². The molecule has 0 bridgehead atoms. The predicted molar refractivity (Wildman–Crippen MR) is 81.0 cm³/mol. The second kappa shape index (κ2) is 6.04. The van der Waals surface area contributed by atoms with Crippen molar-refractivity contribution >= 4 is 6.03 Å². The standard InChI is InChI=1S/C17H20N2O2/c1-13(11-16-7-4-10-21-16)18-17(20)19-9-8-14-5-2-3-6-15(14)12-19/h2-7,10,13H,8-9,11-12H2,1H3,(H,18,20)/t13-/m0/s1. The van der Waals surface area contributed by atoms with E-state index in [-0.39, 0.29) is 12.1 Å². The van der Waals surface area contributed by atoms with Crippen molar-refractivity contribution in [2.24, 2.45) is 0 Å². The van der Waals surface area contributed by atoms with E-state index in [1.807, 2.05) is 30.0 Å². The van der Waals surface area contributed by atoms with E-state index < -0.39 is 0 Å². The molecule has 1 N–H and O–H groups in total. The van der Waals surface area contributed by atoms with Crippen LogP contribution in [0.15, 0.2) is 47.1 Å². The maximum atomic E-state index is 12.3. The molecule has 1 aromatic carbocycles. The van der Waals surface area contributed by atoms with E-state index >= 15 is 0 Å². The summed E-state index contributed by atoms with van der Waals surface area (Å²) in [6.45, 7) is 3.46. The Morgan fingerprint density at radius 3 is 2.86 bits per heavy atom. The van der Waals surface area contributed by atoms with Gasteiger partial charge in [-0.25, -0.2) is 4.79 Å². The predicted octanol–water partition coefficient (Wildman–Crippen LogP) is 2.98. The normalized spacial score (nSPS) is 15.4. The zero-order valence-corrected chi connectivity index (χ0v) is 12.2. The molecule has 3 rings (SSSR count). The van der Waals surface area contributed by atoms with Crippen LogP contribution < -0.4 is 5.32 Å². The van der Waals surface area contributed by atoms with Gasteiger partial charge in [0.05, 0.1) is 6.26 Å². The second-order valence-electron chi connectivity index (χ2n) is 5.57. The Morgan fingerprint density at radius 2 is 2.10 bits per heavy atom. The number of rotatable bonds is 3. The molecule has 0 unspecified atom stereocenters. The van der Waals surface area contributed by atoms with E-state index in [0.29, 0.717) is 13.0 Å². The fourth-order valence-electron chi connectivity index (χ4n) is 2.75. The van der Waals surface area contributed by atoms with Crippen LogP contribution in [0.5, 0.6) is 0 Å². The molecule has 1 aliphatic rings. The highest BCUT2D eigenvalue weighted by atomic mass is 16.3. The van der Waals surface area contributed by atoms with Crippen molar-refractivity contribution in [3.8, 4) is 0 Å². The third-order valence-corrected chi connectivity index (χ3v) is 3.88. The molecule has 4 nitrogen and oxygen atoms in total. The number of amides is 2. The highest BCUT2D eigenvalue weighted by Gasteiger charge is 2.21. The lowest BCUT2D eigenvalue weighted by Gasteiger charge is -2.30. The molecule has 0 radical (unpaired) electrons. The van der Waals surface area contributed by atoms with Gasteiger partial charge in [-0.15, -0.1) is 0 Å². The number of carbonyl (C=O) groups is 1. The summed E-state index contributed by atoms with van der Waals surface area (Å²) in [5.74, 6) is 0.895. The van der Waals surface area contributed by atoms with Gasteiger partial charge in [-0.3, -0.25) is 0 Å². The summed E-state index contributed by atoms with van der Waals surface area (Å²) >= 11 is 0. The van der Waals surface area contributed by atoms with Crippen LogP contribution in [0.1, 0.15) is 23.8 Å². The summed E-state index contributed by atoms with van der Waals surface area (Å²) in [6.07, 6.45) is 3.30. The molecule has 2 heterocycles. The lowest BCUT2D eigenvalue weighted by molar-refractivity contribution is 0.188. The maximum absolute atomic E-state index is 12.3. The lowest BCUT2D eigenvalue weighted by atomic mass is 10.0. The monoisotopic (exact) mass is 284 g/mol. The Morgan fingerprint density at radius 1 is 1.29 bits per heavy atom. The largest absolute Gasteiger partial charge is 0.469 e. The average molecular weight is 284 g/mol. The molecule has 0 aliphatic carbocycles. The average Bonchev–Trinajstić information content (AvgIpc) is 2.99. The van der Waals surface area contributed by atoms with E-state index in [1.54, 1.807) is 6.26 Å². The fraction of sp³-hybridized carbons (Fsp3) is 0.353. The molecular formula is C17H20N2O2. The topological polar surface area (TPSA) is 45.5 Å². The second-order valence-corrected chi connectivity index (χ2v) is 5.57. The Balaban J connectivity index is 1.56. The first kappa shape index (κ1) is 13.7. The third kappa shape index (κ3) is 3.27. The smallest absolute Gasteiger partial charge is 0.317 e. The van der Waals surface area contributed by atoms with Gasteiger partial charge in [0.2, 0.25) is 0 Å². The zero-order chi connectivity index (χ0) is 14.7. The van der Waals surface area contributed by atoms with Crippen molar-refractivity contribution in [2.75, 3.05) is 6.54 Å². The molecule has 110 valence electrons. The molecule has 1 aromatic heterocycles. The Kier molecular flexibility index (Phi) is 3.95. The molecule has 0 fully saturated rings. The van der Waals surface area contributed by atoms with Gasteiger partial charge in [0, 0.05) is 25.6 Å². The van der Waals surface area contributed by atoms with Crippen molar-refractivity contribution in [1.29, 1.82) is 0 Å². The van der Waals surface area contributed by atoms with Crippen LogP contribution in [0.25, 0.3) is 0 Å². The molecule has 4 heteroatoms. The van der Waals surface area contributed by atoms with E-state index in [4.69, 9.17) is 4.42 Å². The Hall–Kier alpha value is -2.23. The SMILES string of the molecule is C[C@@H](Cc1ccco1)NC(=O)N1CCc2ccccc2C1. The van der Waals surface area contributed by atoms with E-state index in [9.17, 15) is 4.79 Å². The summed E-state index contributed by atoms with van der Waals surface area (Å²) in [6, 6.07) is 12.2. The first-order valence-corrected chi connectivity index (χ1v) is 7.37. The highest BCUT2D eigenvalue weighted by molar-refractivity contribution is 5.74. The summed E-state index contributed by atoms with van der Waals surface area (Å²) in [5.41, 5.74) is 2.60. The van der Waals surface area contributed by atoms with Gasteiger partial charge in [-0.05, 0) is 36.6 Å². The molecule has 1 atom stereocenters. The quantitative estimate of drug-likeness (QED) is 0.941. The first-order valence-electron chi connectivity index (χ1n) is 7.37. The lowest BCUT2D eigenvalue weighted by Crippen LogP contribution is -2.46. The van der Waals surface area contributed by atoms with E-state index in [1.165, 1.54) is 11.1 Å². The summed E-state index contributed by atoms with van der Waals surface area (Å²) in [4.78, 5) is 14.2. The molecule has 2 aromatic rings. The van der Waals surface area contributed by atoms with E-state index in [2.05, 4.69) is 23.5 Å². The van der Waals surface area contributed by atoms with Gasteiger partial charge in [-0.2, -0.15) is 0 Å². The number of hydrogen-bond acceptors (Lipinski definition) is 2. The van der Waals surface area contributed by atoms with Crippen LogP contribution in [0.2, 0.25) is 0 Å². The molecule has 0 saturated heterocycles. The fourth-order valence-corrected chi connectivity index (χ4v) is 2.75. The number of benzene rings is 1. The number of hydrogen-bond donors (Lipinski definition) is 1. The van der Waals surface area contributed by atoms with Gasteiger partial charge < -0.3 is 14.6 Å². The number of nitrogens with one attached hydrogen (secondary N) is 1. The van der Waals surface area contributed by atoms with Crippen LogP contribution in [0, 0.1) is 0 Å². The summed E-state index contributed by atoms with van der Waals surface area (Å²) < 4.78 is 5.31. The zero-order valence-electron chi connectivity index (χ0n) is 12.2. The van der Waals surface area contributed by atoms with Crippen LogP contribution in [-0.4, -0.2) is 23.5 Å². The first-order chi connectivity index (χ1) is 10.2. The summed E-state index contributed by atoms with van der Waals surface area (Å²) in [7, 11) is 0. The maximum Gasteiger partial charge on any atom is 0.317 e. The van der Waals surface area contributed by atoms with Gasteiger partial charge in [0.15, 0.2) is 0 Å². The minimum Gasteiger partial charge on any atom is -0.469 e. The Labute approximate surface area is 124 Å². The van der Waals surface area contributed by atoms with Crippen LogP contribution in [0.3, 0.4) is 0 Å². The van der Waals surface area contributed by atoms with Gasteiger partial charge in [-0.1, -0.05) is 24.3 Å². The van der Waals surface area contributed by atoms with Crippen molar-refractivity contribution in [3.63, 3.8) is 0 Å². The van der Waals surface area contributed by atoms with Gasteiger partial charge >= 0.3 is 6.03 Å². The number of carbonyl (C=O) groups excluding carboxylic acids is 1. The minimum atomic E-state index is 0.00330. The number of furan rings is 1. The molecule has 1 aliphatic heterocycles.